The van der Waals surface area contributed by atoms with Gasteiger partial charge in [-0.25, -0.2) is 4.98 Å². The first-order chi connectivity index (χ1) is 14.8. The van der Waals surface area contributed by atoms with E-state index in [1.165, 1.54) is 10.9 Å². The van der Waals surface area contributed by atoms with Crippen molar-refractivity contribution in [2.24, 2.45) is 5.73 Å². The molecule has 0 amide bonds. The van der Waals surface area contributed by atoms with Gasteiger partial charge in [-0.15, -0.1) is 0 Å². The summed E-state index contributed by atoms with van der Waals surface area (Å²) in [6, 6.07) is 19.3. The fraction of sp³-hybridized carbons (Fsp3) is 0.333. The molecule has 30 heavy (non-hydrogen) atoms. The molecule has 0 unspecified atom stereocenters. The third kappa shape index (κ3) is 3.76. The zero-order valence-electron chi connectivity index (χ0n) is 17.2. The highest BCUT2D eigenvalue weighted by Crippen LogP contribution is 2.25. The summed E-state index contributed by atoms with van der Waals surface area (Å²) in [5.41, 5.74) is 10.2. The van der Waals surface area contributed by atoms with Crippen molar-refractivity contribution in [2.45, 2.75) is 25.4 Å². The number of benzene rings is 2. The zero-order valence-corrected chi connectivity index (χ0v) is 17.2. The molecule has 1 fully saturated rings. The van der Waals surface area contributed by atoms with Gasteiger partial charge in [0, 0.05) is 43.8 Å². The van der Waals surface area contributed by atoms with Gasteiger partial charge < -0.3 is 20.5 Å². The molecule has 1 aliphatic heterocycles. The highest BCUT2D eigenvalue weighted by Gasteiger charge is 2.21. The van der Waals surface area contributed by atoms with Crippen molar-refractivity contribution >= 4 is 27.9 Å². The Bertz CT molecular complexity index is 1140. The lowest BCUT2D eigenvalue weighted by molar-refractivity contribution is 0.224. The number of hydrogen-bond donors (Lipinski definition) is 2. The van der Waals surface area contributed by atoms with Gasteiger partial charge >= 0.3 is 0 Å². The normalized spacial score (nSPS) is 15.8. The van der Waals surface area contributed by atoms with Crippen molar-refractivity contribution in [3.63, 3.8) is 0 Å². The maximum absolute atomic E-state index is 5.72. The fourth-order valence-corrected chi connectivity index (χ4v) is 4.48. The SMILES string of the molecule is NCCN1CCC(Nc2nc3ccccc3n2Cc2ccnc3ccccc23)CC1. The van der Waals surface area contributed by atoms with Crippen LogP contribution in [0.1, 0.15) is 18.4 Å². The highest BCUT2D eigenvalue weighted by molar-refractivity contribution is 5.83. The van der Waals surface area contributed by atoms with Crippen LogP contribution in [0.4, 0.5) is 5.95 Å². The topological polar surface area (TPSA) is 72.0 Å². The number of imidazole rings is 1. The van der Waals surface area contributed by atoms with Gasteiger partial charge in [-0.2, -0.15) is 0 Å². The monoisotopic (exact) mass is 400 g/mol. The van der Waals surface area contributed by atoms with Crippen molar-refractivity contribution in [3.05, 3.63) is 66.4 Å². The molecule has 0 radical (unpaired) electrons. The summed E-state index contributed by atoms with van der Waals surface area (Å²) in [6.07, 6.45) is 4.12. The lowest BCUT2D eigenvalue weighted by atomic mass is 10.1. The molecule has 154 valence electrons. The largest absolute Gasteiger partial charge is 0.353 e. The van der Waals surface area contributed by atoms with Gasteiger partial charge in [0.15, 0.2) is 0 Å². The predicted molar refractivity (Wildman–Crippen MR) is 123 cm³/mol. The number of pyridine rings is 1. The summed E-state index contributed by atoms with van der Waals surface area (Å²) in [5.74, 6) is 0.953. The number of anilines is 1. The van der Waals surface area contributed by atoms with Crippen LogP contribution in [0.3, 0.4) is 0 Å². The summed E-state index contributed by atoms with van der Waals surface area (Å²) in [5, 5.41) is 4.94. The van der Waals surface area contributed by atoms with Crippen molar-refractivity contribution in [1.29, 1.82) is 0 Å². The fourth-order valence-electron chi connectivity index (χ4n) is 4.48. The second kappa shape index (κ2) is 8.42. The Morgan fingerprint density at radius 3 is 2.57 bits per heavy atom. The lowest BCUT2D eigenvalue weighted by Gasteiger charge is -2.32. The molecule has 0 bridgehead atoms. The number of para-hydroxylation sites is 3. The number of hydrogen-bond acceptors (Lipinski definition) is 5. The van der Waals surface area contributed by atoms with E-state index in [0.29, 0.717) is 6.04 Å². The van der Waals surface area contributed by atoms with Crippen LogP contribution in [-0.2, 0) is 6.54 Å². The molecule has 4 aromatic rings. The van der Waals surface area contributed by atoms with Crippen LogP contribution < -0.4 is 11.1 Å². The van der Waals surface area contributed by atoms with E-state index < -0.39 is 0 Å². The van der Waals surface area contributed by atoms with E-state index >= 15 is 0 Å². The van der Waals surface area contributed by atoms with E-state index in [1.54, 1.807) is 0 Å². The van der Waals surface area contributed by atoms with Crippen molar-refractivity contribution in [3.8, 4) is 0 Å². The molecule has 0 spiro atoms. The number of nitrogens with zero attached hydrogens (tertiary/aromatic N) is 4. The summed E-state index contributed by atoms with van der Waals surface area (Å²) in [6.45, 7) is 4.65. The molecule has 2 aromatic heterocycles. The molecule has 5 rings (SSSR count). The molecule has 0 atom stereocenters. The van der Waals surface area contributed by atoms with Gasteiger partial charge in [-0.1, -0.05) is 30.3 Å². The highest BCUT2D eigenvalue weighted by atomic mass is 15.2. The molecule has 3 N–H and O–H groups in total. The second-order valence-corrected chi connectivity index (χ2v) is 8.05. The predicted octanol–water partition coefficient (Wildman–Crippen LogP) is 3.47. The Labute approximate surface area is 176 Å². The van der Waals surface area contributed by atoms with Crippen LogP contribution in [0, 0.1) is 0 Å². The number of rotatable bonds is 6. The van der Waals surface area contributed by atoms with Gasteiger partial charge in [-0.3, -0.25) is 4.98 Å². The van der Waals surface area contributed by atoms with Crippen LogP contribution >= 0.6 is 0 Å². The minimum Gasteiger partial charge on any atom is -0.353 e. The number of nitrogens with one attached hydrogen (secondary N) is 1. The summed E-state index contributed by atoms with van der Waals surface area (Å²) < 4.78 is 2.31. The number of piperidine rings is 1. The quantitative estimate of drug-likeness (QED) is 0.519. The minimum absolute atomic E-state index is 0.434. The number of likely N-dealkylation sites (tertiary alicyclic amines) is 1. The van der Waals surface area contributed by atoms with Gasteiger partial charge in [0.1, 0.15) is 0 Å². The van der Waals surface area contributed by atoms with Crippen LogP contribution in [0.2, 0.25) is 0 Å². The van der Waals surface area contributed by atoms with Gasteiger partial charge in [0.05, 0.1) is 23.1 Å². The molecule has 2 aromatic carbocycles. The Morgan fingerprint density at radius 1 is 0.967 bits per heavy atom. The van der Waals surface area contributed by atoms with Crippen molar-refractivity contribution in [1.82, 2.24) is 19.4 Å². The molecular formula is C24H28N6. The van der Waals surface area contributed by atoms with Crippen LogP contribution in [0.15, 0.2) is 60.8 Å². The molecule has 0 aliphatic carbocycles. The lowest BCUT2D eigenvalue weighted by Crippen LogP contribution is -2.41. The average Bonchev–Trinajstić information content (AvgIpc) is 3.12. The number of fused-ring (bicyclic) bond motifs is 2. The second-order valence-electron chi connectivity index (χ2n) is 8.05. The average molecular weight is 401 g/mol. The summed E-state index contributed by atoms with van der Waals surface area (Å²) in [7, 11) is 0. The third-order valence-electron chi connectivity index (χ3n) is 6.09. The maximum atomic E-state index is 5.72. The first-order valence-corrected chi connectivity index (χ1v) is 10.8. The Balaban J connectivity index is 1.46. The van der Waals surface area contributed by atoms with E-state index in [1.807, 2.05) is 12.3 Å². The third-order valence-corrected chi connectivity index (χ3v) is 6.09. The van der Waals surface area contributed by atoms with E-state index in [2.05, 4.69) is 68.3 Å². The Kier molecular flexibility index (Phi) is 5.34. The van der Waals surface area contributed by atoms with Gasteiger partial charge in [0.25, 0.3) is 0 Å². The molecule has 3 heterocycles. The molecule has 1 saturated heterocycles. The summed E-state index contributed by atoms with van der Waals surface area (Å²) >= 11 is 0. The van der Waals surface area contributed by atoms with Crippen molar-refractivity contribution in [2.75, 3.05) is 31.5 Å². The minimum atomic E-state index is 0.434. The maximum Gasteiger partial charge on any atom is 0.204 e. The van der Waals surface area contributed by atoms with E-state index in [9.17, 15) is 0 Å². The van der Waals surface area contributed by atoms with Crippen LogP contribution in [0.5, 0.6) is 0 Å². The van der Waals surface area contributed by atoms with Gasteiger partial charge in [-0.05, 0) is 42.7 Å². The van der Waals surface area contributed by atoms with E-state index in [4.69, 9.17) is 10.7 Å². The molecule has 0 saturated carbocycles. The molecule has 6 nitrogen and oxygen atoms in total. The van der Waals surface area contributed by atoms with Crippen LogP contribution in [0.25, 0.3) is 21.9 Å². The van der Waals surface area contributed by atoms with E-state index in [0.717, 1.165) is 68.1 Å². The van der Waals surface area contributed by atoms with E-state index in [-0.39, 0.29) is 0 Å². The Morgan fingerprint density at radius 2 is 1.73 bits per heavy atom. The van der Waals surface area contributed by atoms with Gasteiger partial charge in [0.2, 0.25) is 5.95 Å². The van der Waals surface area contributed by atoms with Crippen LogP contribution in [-0.4, -0.2) is 51.7 Å². The first kappa shape index (κ1) is 19.0. The molecule has 1 aliphatic rings. The molecular weight excluding hydrogens is 372 g/mol. The smallest absolute Gasteiger partial charge is 0.204 e. The number of aromatic nitrogens is 3. The zero-order chi connectivity index (χ0) is 20.3. The number of nitrogens with two attached hydrogens (primary N) is 1. The molecule has 6 heteroatoms. The van der Waals surface area contributed by atoms with Crippen molar-refractivity contribution < 1.29 is 0 Å². The first-order valence-electron chi connectivity index (χ1n) is 10.8. The summed E-state index contributed by atoms with van der Waals surface area (Å²) in [4.78, 5) is 11.9. The Hall–Kier alpha value is -2.96. The standard InChI is InChI=1S/C24H28N6/c25-12-16-29-14-10-19(11-15-29)27-24-28-22-7-3-4-8-23(22)30(24)17-18-9-13-26-21-6-2-1-5-20(18)21/h1-9,13,19H,10-12,14-17,25H2,(H,27,28).